The molecule has 1 unspecified atom stereocenters. The first kappa shape index (κ1) is 21.2. The van der Waals surface area contributed by atoms with Crippen molar-refractivity contribution in [2.24, 2.45) is 0 Å². The molecule has 1 aromatic rings. The molecular weight excluding hydrogens is 461 g/mol. The van der Waals surface area contributed by atoms with Crippen molar-refractivity contribution in [2.75, 3.05) is 0 Å². The van der Waals surface area contributed by atoms with Gasteiger partial charge in [0, 0.05) is 14.5 Å². The van der Waals surface area contributed by atoms with Crippen LogP contribution in [-0.2, 0) is 28.3 Å². The van der Waals surface area contributed by atoms with E-state index in [0.29, 0.717) is 27.8 Å². The molecular formula is C19H26INO4Si. The van der Waals surface area contributed by atoms with Gasteiger partial charge in [-0.15, -0.1) is 5.92 Å². The van der Waals surface area contributed by atoms with Crippen LogP contribution < -0.4 is 5.56 Å². The summed E-state index contributed by atoms with van der Waals surface area (Å²) in [7, 11) is -1.11. The van der Waals surface area contributed by atoms with Gasteiger partial charge in [-0.25, -0.2) is 0 Å². The SMILES string of the molecule is CCC1(O)CC(=O)OCc2c1cc(I)n(CC#CCC[Si](C)(C)C)c2=O. The summed E-state index contributed by atoms with van der Waals surface area (Å²) in [6.45, 7) is 8.93. The molecule has 0 spiro atoms. The first-order valence-corrected chi connectivity index (χ1v) is 13.6. The minimum atomic E-state index is -1.36. The summed E-state index contributed by atoms with van der Waals surface area (Å²) in [5, 5.41) is 10.9. The van der Waals surface area contributed by atoms with Crippen molar-refractivity contribution >= 4 is 36.6 Å². The van der Waals surface area contributed by atoms with Crippen LogP contribution in [0.2, 0.25) is 25.7 Å². The molecule has 0 bridgehead atoms. The minimum Gasteiger partial charge on any atom is -0.460 e. The number of rotatable bonds is 4. The third kappa shape index (κ3) is 4.99. The Morgan fingerprint density at radius 3 is 2.65 bits per heavy atom. The van der Waals surface area contributed by atoms with Crippen molar-refractivity contribution in [3.8, 4) is 11.8 Å². The van der Waals surface area contributed by atoms with Crippen LogP contribution >= 0.6 is 22.6 Å². The second-order valence-corrected chi connectivity index (χ2v) is 14.6. The van der Waals surface area contributed by atoms with Gasteiger partial charge in [-0.1, -0.05) is 32.5 Å². The molecule has 0 radical (unpaired) electrons. The third-order valence-electron chi connectivity index (χ3n) is 4.61. The van der Waals surface area contributed by atoms with Gasteiger partial charge < -0.3 is 9.84 Å². The Bertz CT molecular complexity index is 816. The third-order valence-corrected chi connectivity index (χ3v) is 7.26. The zero-order valence-electron chi connectivity index (χ0n) is 15.8. The van der Waals surface area contributed by atoms with Crippen LogP contribution in [0.4, 0.5) is 0 Å². The number of cyclic esters (lactones) is 1. The van der Waals surface area contributed by atoms with Crippen LogP contribution in [0.25, 0.3) is 0 Å². The van der Waals surface area contributed by atoms with E-state index in [9.17, 15) is 14.7 Å². The molecule has 2 rings (SSSR count). The molecule has 1 aliphatic heterocycles. The van der Waals surface area contributed by atoms with E-state index in [-0.39, 0.29) is 18.6 Å². The topological polar surface area (TPSA) is 68.5 Å². The fourth-order valence-corrected chi connectivity index (χ4v) is 4.45. The van der Waals surface area contributed by atoms with E-state index in [1.165, 1.54) is 0 Å². The quantitative estimate of drug-likeness (QED) is 0.233. The molecule has 1 aromatic heterocycles. The maximum Gasteiger partial charge on any atom is 0.309 e. The average Bonchev–Trinajstić information content (AvgIpc) is 2.66. The van der Waals surface area contributed by atoms with Crippen LogP contribution in [-0.4, -0.2) is 23.7 Å². The van der Waals surface area contributed by atoms with Crippen LogP contribution in [0.15, 0.2) is 10.9 Å². The molecule has 26 heavy (non-hydrogen) atoms. The summed E-state index contributed by atoms with van der Waals surface area (Å²) < 4.78 is 7.42. The van der Waals surface area contributed by atoms with Crippen LogP contribution in [0.3, 0.4) is 0 Å². The number of aliphatic hydroxyl groups is 1. The summed E-state index contributed by atoms with van der Waals surface area (Å²) in [4.78, 5) is 24.7. The number of pyridine rings is 1. The number of carbonyl (C=O) groups excluding carboxylic acids is 1. The smallest absolute Gasteiger partial charge is 0.309 e. The second-order valence-electron chi connectivity index (χ2n) is 7.89. The Hall–Kier alpha value is -1.11. The number of halogens is 1. The van der Waals surface area contributed by atoms with Gasteiger partial charge in [-0.2, -0.15) is 0 Å². The monoisotopic (exact) mass is 487 g/mol. The maximum absolute atomic E-state index is 12.9. The minimum absolute atomic E-state index is 0.102. The highest BCUT2D eigenvalue weighted by atomic mass is 127. The van der Waals surface area contributed by atoms with Gasteiger partial charge in [-0.3, -0.25) is 14.2 Å². The fourth-order valence-electron chi connectivity index (χ4n) is 2.88. The van der Waals surface area contributed by atoms with Crippen molar-refractivity contribution in [3.05, 3.63) is 31.2 Å². The Labute approximate surface area is 169 Å². The van der Waals surface area contributed by atoms with Crippen LogP contribution in [0.1, 0.15) is 37.3 Å². The predicted octanol–water partition coefficient (Wildman–Crippen LogP) is 3.23. The van der Waals surface area contributed by atoms with Gasteiger partial charge in [0.1, 0.15) is 12.2 Å². The number of fused-ring (bicyclic) bond motifs is 1. The van der Waals surface area contributed by atoms with Crippen molar-refractivity contribution in [1.29, 1.82) is 0 Å². The first-order chi connectivity index (χ1) is 12.1. The molecule has 0 aliphatic carbocycles. The summed E-state index contributed by atoms with van der Waals surface area (Å²) in [5.74, 6) is 5.75. The van der Waals surface area contributed by atoms with Crippen molar-refractivity contribution in [3.63, 3.8) is 0 Å². The highest BCUT2D eigenvalue weighted by Crippen LogP contribution is 2.34. The number of esters is 1. The molecule has 0 amide bonds. The van der Waals surface area contributed by atoms with Gasteiger partial charge in [0.15, 0.2) is 0 Å². The molecule has 0 saturated heterocycles. The summed E-state index contributed by atoms with van der Waals surface area (Å²) >= 11 is 2.08. The Kier molecular flexibility index (Phi) is 6.74. The molecule has 1 atom stereocenters. The molecule has 0 fully saturated rings. The highest BCUT2D eigenvalue weighted by Gasteiger charge is 2.37. The van der Waals surface area contributed by atoms with Gasteiger partial charge >= 0.3 is 5.97 Å². The number of aromatic nitrogens is 1. The Morgan fingerprint density at radius 2 is 2.04 bits per heavy atom. The van der Waals surface area contributed by atoms with E-state index in [1.807, 2.05) is 0 Å². The van der Waals surface area contributed by atoms with E-state index in [2.05, 4.69) is 54.1 Å². The summed E-state index contributed by atoms with van der Waals surface area (Å²) in [6.07, 6.45) is 1.05. The van der Waals surface area contributed by atoms with E-state index >= 15 is 0 Å². The van der Waals surface area contributed by atoms with Gasteiger partial charge in [0.2, 0.25) is 0 Å². The standard InChI is InChI=1S/C19H26INO4Si/c1-5-19(24)12-17(22)25-13-14-15(19)11-16(20)21(18(14)23)9-7-6-8-10-26(2,3)4/h11,24H,5,8-10,12-13H2,1-4H3. The maximum atomic E-state index is 12.9. The van der Waals surface area contributed by atoms with Gasteiger partial charge in [-0.05, 0) is 46.7 Å². The number of hydrogen-bond donors (Lipinski definition) is 1. The summed E-state index contributed by atoms with van der Waals surface area (Å²) in [5.41, 5.74) is -0.745. The lowest BCUT2D eigenvalue weighted by Gasteiger charge is -2.26. The van der Waals surface area contributed by atoms with Gasteiger partial charge in [0.25, 0.3) is 5.56 Å². The lowest BCUT2D eigenvalue weighted by molar-refractivity contribution is -0.149. The normalized spacial score (nSPS) is 19.8. The second kappa shape index (κ2) is 8.27. The lowest BCUT2D eigenvalue weighted by Crippen LogP contribution is -2.33. The Balaban J connectivity index is 2.34. The molecule has 7 heteroatoms. The van der Waals surface area contributed by atoms with Crippen LogP contribution in [0.5, 0.6) is 0 Å². The molecule has 1 N–H and O–H groups in total. The lowest BCUT2D eigenvalue weighted by atomic mass is 9.86. The molecule has 0 aromatic carbocycles. The van der Waals surface area contributed by atoms with E-state index in [0.717, 1.165) is 12.5 Å². The average molecular weight is 487 g/mol. The Morgan fingerprint density at radius 1 is 1.35 bits per heavy atom. The van der Waals surface area contributed by atoms with E-state index in [4.69, 9.17) is 4.74 Å². The van der Waals surface area contributed by atoms with Gasteiger partial charge in [0.05, 0.1) is 22.2 Å². The van der Waals surface area contributed by atoms with Crippen molar-refractivity contribution in [1.82, 2.24) is 4.57 Å². The molecule has 1 aliphatic rings. The number of carbonyl (C=O) groups is 1. The van der Waals surface area contributed by atoms with E-state index in [1.54, 1.807) is 17.6 Å². The summed E-state index contributed by atoms with van der Waals surface area (Å²) in [6, 6.07) is 2.92. The van der Waals surface area contributed by atoms with Crippen molar-refractivity contribution in [2.45, 2.75) is 70.6 Å². The number of hydrogen-bond acceptors (Lipinski definition) is 4. The van der Waals surface area contributed by atoms with E-state index < -0.39 is 19.6 Å². The van der Waals surface area contributed by atoms with Crippen molar-refractivity contribution < 1.29 is 14.6 Å². The first-order valence-electron chi connectivity index (χ1n) is 8.84. The molecule has 0 saturated carbocycles. The fraction of sp³-hybridized carbons (Fsp3) is 0.579. The number of nitrogens with zero attached hydrogens (tertiary/aromatic N) is 1. The number of ether oxygens (including phenoxy) is 1. The molecule has 5 nitrogen and oxygen atoms in total. The predicted molar refractivity (Wildman–Crippen MR) is 113 cm³/mol. The zero-order chi connectivity index (χ0) is 19.5. The highest BCUT2D eigenvalue weighted by molar-refractivity contribution is 14.1. The zero-order valence-corrected chi connectivity index (χ0v) is 19.0. The largest absolute Gasteiger partial charge is 0.460 e. The molecule has 142 valence electrons. The molecule has 2 heterocycles. The van der Waals surface area contributed by atoms with Crippen LogP contribution in [0, 0.1) is 15.5 Å².